The number of nitrogens with zero attached hydrogens (tertiary/aromatic N) is 1. The minimum absolute atomic E-state index is 0. The topological polar surface area (TPSA) is 21.7 Å². The molecular formula is C15H22Cl3NO2. The predicted molar refractivity (Wildman–Crippen MR) is 90.0 cm³/mol. The van der Waals surface area contributed by atoms with Gasteiger partial charge in [-0.3, -0.25) is 0 Å². The van der Waals surface area contributed by atoms with Crippen LogP contribution in [0, 0.1) is 0 Å². The Kier molecular flexibility index (Phi) is 8.14. The van der Waals surface area contributed by atoms with Gasteiger partial charge in [-0.15, -0.1) is 12.4 Å². The molecule has 2 atom stereocenters. The maximum Gasteiger partial charge on any atom is 0.201 e. The van der Waals surface area contributed by atoms with Gasteiger partial charge in [0.2, 0.25) is 6.29 Å². The molecule has 1 saturated heterocycles. The normalized spacial score (nSPS) is 20.1. The van der Waals surface area contributed by atoms with Gasteiger partial charge in [0.15, 0.2) is 0 Å². The zero-order valence-corrected chi connectivity index (χ0v) is 14.7. The first kappa shape index (κ1) is 18.9. The average molecular weight is 355 g/mol. The highest BCUT2D eigenvalue weighted by Gasteiger charge is 2.26. The maximum atomic E-state index is 5.98. The molecule has 1 aliphatic rings. The molecule has 21 heavy (non-hydrogen) atoms. The first-order valence-corrected chi connectivity index (χ1v) is 7.77. The molecule has 1 fully saturated rings. The van der Waals surface area contributed by atoms with Crippen LogP contribution in [0.15, 0.2) is 18.2 Å². The van der Waals surface area contributed by atoms with Crippen LogP contribution in [0.25, 0.3) is 0 Å². The Morgan fingerprint density at radius 3 is 2.52 bits per heavy atom. The predicted octanol–water partition coefficient (Wildman–Crippen LogP) is 4.64. The smallest absolute Gasteiger partial charge is 0.201 e. The second kappa shape index (κ2) is 9.06. The summed E-state index contributed by atoms with van der Waals surface area (Å²) in [5.41, 5.74) is 0. The van der Waals surface area contributed by atoms with Crippen molar-refractivity contribution in [3.63, 3.8) is 0 Å². The van der Waals surface area contributed by atoms with Crippen LogP contribution in [-0.4, -0.2) is 37.4 Å². The van der Waals surface area contributed by atoms with Crippen LogP contribution < -0.4 is 4.74 Å². The number of benzene rings is 1. The maximum absolute atomic E-state index is 5.98. The molecule has 3 nitrogen and oxygen atoms in total. The highest BCUT2D eigenvalue weighted by molar-refractivity contribution is 6.34. The number of likely N-dealkylation sites (tertiary alicyclic amines) is 1. The number of methoxy groups -OCH3 is 1. The third kappa shape index (κ3) is 5.50. The zero-order chi connectivity index (χ0) is 14.5. The van der Waals surface area contributed by atoms with Gasteiger partial charge in [-0.05, 0) is 44.1 Å². The van der Waals surface area contributed by atoms with E-state index in [2.05, 4.69) is 11.8 Å². The zero-order valence-electron chi connectivity index (χ0n) is 12.4. The van der Waals surface area contributed by atoms with Crippen molar-refractivity contribution in [3.8, 4) is 5.75 Å². The van der Waals surface area contributed by atoms with E-state index in [0.717, 1.165) is 13.0 Å². The van der Waals surface area contributed by atoms with Crippen molar-refractivity contribution in [3.05, 3.63) is 28.2 Å². The van der Waals surface area contributed by atoms with E-state index in [-0.39, 0.29) is 18.7 Å². The summed E-state index contributed by atoms with van der Waals surface area (Å²) in [6.07, 6.45) is 3.03. The number of hydrogen-bond acceptors (Lipinski definition) is 3. The summed E-state index contributed by atoms with van der Waals surface area (Å²) >= 11 is 12.0. The molecule has 0 aromatic heterocycles. The molecule has 0 spiro atoms. The van der Waals surface area contributed by atoms with E-state index in [9.17, 15) is 0 Å². The Morgan fingerprint density at radius 1 is 1.29 bits per heavy atom. The van der Waals surface area contributed by atoms with E-state index in [1.54, 1.807) is 25.3 Å². The van der Waals surface area contributed by atoms with Gasteiger partial charge in [-0.1, -0.05) is 30.1 Å². The molecule has 2 unspecified atom stereocenters. The van der Waals surface area contributed by atoms with Gasteiger partial charge in [-0.2, -0.15) is 0 Å². The molecule has 2 rings (SSSR count). The lowest BCUT2D eigenvalue weighted by Crippen LogP contribution is -2.34. The second-order valence-electron chi connectivity index (χ2n) is 5.05. The first-order valence-electron chi connectivity index (χ1n) is 7.02. The lowest BCUT2D eigenvalue weighted by Gasteiger charge is -2.27. The third-order valence-corrected chi connectivity index (χ3v) is 4.17. The molecular weight excluding hydrogens is 333 g/mol. The molecule has 0 aliphatic carbocycles. The first-order chi connectivity index (χ1) is 9.62. The van der Waals surface area contributed by atoms with Gasteiger partial charge in [0, 0.05) is 29.6 Å². The summed E-state index contributed by atoms with van der Waals surface area (Å²) in [5, 5.41) is 1.14. The second-order valence-corrected chi connectivity index (χ2v) is 5.92. The van der Waals surface area contributed by atoms with Crippen LogP contribution in [-0.2, 0) is 4.74 Å². The molecule has 0 amide bonds. The van der Waals surface area contributed by atoms with E-state index in [0.29, 0.717) is 21.8 Å². The van der Waals surface area contributed by atoms with Gasteiger partial charge in [0.1, 0.15) is 5.75 Å². The van der Waals surface area contributed by atoms with Crippen molar-refractivity contribution in [2.75, 3.05) is 20.2 Å². The fraction of sp³-hybridized carbons (Fsp3) is 0.600. The molecule has 0 bridgehead atoms. The fourth-order valence-electron chi connectivity index (χ4n) is 2.74. The summed E-state index contributed by atoms with van der Waals surface area (Å²) in [6.45, 7) is 4.43. The molecule has 0 N–H and O–H groups in total. The molecule has 0 radical (unpaired) electrons. The van der Waals surface area contributed by atoms with Crippen LogP contribution >= 0.6 is 35.6 Å². The van der Waals surface area contributed by atoms with E-state index in [1.165, 1.54) is 19.4 Å². The van der Waals surface area contributed by atoms with Crippen LogP contribution in [0.1, 0.15) is 26.2 Å². The van der Waals surface area contributed by atoms with Crippen LogP contribution in [0.5, 0.6) is 5.75 Å². The van der Waals surface area contributed by atoms with Gasteiger partial charge in [0.25, 0.3) is 0 Å². The van der Waals surface area contributed by atoms with Crippen LogP contribution in [0.4, 0.5) is 0 Å². The summed E-state index contributed by atoms with van der Waals surface area (Å²) in [6, 6.07) is 5.73. The van der Waals surface area contributed by atoms with Gasteiger partial charge >= 0.3 is 0 Å². The van der Waals surface area contributed by atoms with Crippen molar-refractivity contribution >= 4 is 35.6 Å². The lowest BCUT2D eigenvalue weighted by atomic mass is 10.1. The average Bonchev–Trinajstić information content (AvgIpc) is 2.84. The Balaban J connectivity index is 0.00000220. The van der Waals surface area contributed by atoms with Crippen LogP contribution in [0.2, 0.25) is 10.0 Å². The van der Waals surface area contributed by atoms with Gasteiger partial charge in [0.05, 0.1) is 0 Å². The molecule has 6 heteroatoms. The largest absolute Gasteiger partial charge is 0.465 e. The highest BCUT2D eigenvalue weighted by atomic mass is 35.5. The van der Waals surface area contributed by atoms with E-state index >= 15 is 0 Å². The summed E-state index contributed by atoms with van der Waals surface area (Å²) in [7, 11) is 1.67. The third-order valence-electron chi connectivity index (χ3n) is 3.74. The minimum atomic E-state index is -0.276. The van der Waals surface area contributed by atoms with Crippen molar-refractivity contribution < 1.29 is 9.47 Å². The summed E-state index contributed by atoms with van der Waals surface area (Å²) in [4.78, 5) is 2.47. The SMILES string of the molecule is CCN1CCCC1CC(OC)Oc1cc(Cl)cc(Cl)c1.Cl. The molecule has 1 aromatic carbocycles. The quantitative estimate of drug-likeness (QED) is 0.695. The summed E-state index contributed by atoms with van der Waals surface area (Å²) in [5.74, 6) is 0.649. The Labute approximate surface area is 142 Å². The Hall–Kier alpha value is -0.190. The standard InChI is InChI=1S/C15H21Cl2NO2.ClH/c1-3-18-6-4-5-13(18)10-15(19-2)20-14-8-11(16)7-12(17)9-14;/h7-9,13,15H,3-6,10H2,1-2H3;1H. The van der Waals surface area contributed by atoms with Crippen molar-refractivity contribution in [1.82, 2.24) is 4.90 Å². The van der Waals surface area contributed by atoms with Crippen molar-refractivity contribution in [1.29, 1.82) is 0 Å². The van der Waals surface area contributed by atoms with E-state index in [4.69, 9.17) is 32.7 Å². The van der Waals surface area contributed by atoms with Crippen LogP contribution in [0.3, 0.4) is 0 Å². The number of ether oxygens (including phenoxy) is 2. The molecule has 0 saturated carbocycles. The van der Waals surface area contributed by atoms with E-state index in [1.807, 2.05) is 0 Å². The lowest BCUT2D eigenvalue weighted by molar-refractivity contribution is -0.0695. The molecule has 120 valence electrons. The van der Waals surface area contributed by atoms with Crippen molar-refractivity contribution in [2.24, 2.45) is 0 Å². The Morgan fingerprint density at radius 2 is 1.95 bits per heavy atom. The monoisotopic (exact) mass is 353 g/mol. The van der Waals surface area contributed by atoms with Gasteiger partial charge in [-0.25, -0.2) is 0 Å². The van der Waals surface area contributed by atoms with Crippen molar-refractivity contribution in [2.45, 2.75) is 38.5 Å². The molecule has 1 aromatic rings. The minimum Gasteiger partial charge on any atom is -0.465 e. The number of halogens is 3. The fourth-order valence-corrected chi connectivity index (χ4v) is 3.25. The Bertz CT molecular complexity index is 425. The van der Waals surface area contributed by atoms with E-state index < -0.39 is 0 Å². The molecule has 1 heterocycles. The summed E-state index contributed by atoms with van der Waals surface area (Å²) < 4.78 is 11.3. The van der Waals surface area contributed by atoms with Gasteiger partial charge < -0.3 is 14.4 Å². The number of rotatable bonds is 6. The molecule has 1 aliphatic heterocycles. The number of hydrogen-bond donors (Lipinski definition) is 0. The highest BCUT2D eigenvalue weighted by Crippen LogP contribution is 2.27.